The summed E-state index contributed by atoms with van der Waals surface area (Å²) in [6.07, 6.45) is 0.954. The zero-order valence-corrected chi connectivity index (χ0v) is 13.9. The number of hydrogen-bond donors (Lipinski definition) is 3. The molecule has 1 aromatic heterocycles. The second-order valence-corrected chi connectivity index (χ2v) is 6.91. The fourth-order valence-electron chi connectivity index (χ4n) is 2.35. The van der Waals surface area contributed by atoms with Crippen LogP contribution < -0.4 is 10.9 Å². The fourth-order valence-corrected chi connectivity index (χ4v) is 2.35. The van der Waals surface area contributed by atoms with Crippen molar-refractivity contribution in [2.45, 2.75) is 39.7 Å². The summed E-state index contributed by atoms with van der Waals surface area (Å²) in [5.41, 5.74) is -0.432. The van der Waals surface area contributed by atoms with Crippen LogP contribution in [0.5, 0.6) is 0 Å². The minimum absolute atomic E-state index is 0.00667. The van der Waals surface area contributed by atoms with E-state index in [4.69, 9.17) is 0 Å². The van der Waals surface area contributed by atoms with E-state index in [1.54, 1.807) is 24.3 Å². The third-order valence-electron chi connectivity index (χ3n) is 3.70. The Hall–Kier alpha value is -2.70. The number of aliphatic carboxylic acids is 1. The number of hydrogen-bond acceptors (Lipinski definition) is 4. The molecule has 2 rings (SSSR count). The molecule has 1 aromatic carbocycles. The van der Waals surface area contributed by atoms with Crippen LogP contribution in [0.3, 0.4) is 0 Å². The third kappa shape index (κ3) is 4.18. The van der Waals surface area contributed by atoms with Gasteiger partial charge in [0.05, 0.1) is 5.39 Å². The minimum Gasteiger partial charge on any atom is -0.480 e. The van der Waals surface area contributed by atoms with Crippen LogP contribution in [0, 0.1) is 5.41 Å². The maximum Gasteiger partial charge on any atom is 0.326 e. The summed E-state index contributed by atoms with van der Waals surface area (Å²) in [6.45, 7) is 6.01. The zero-order valence-electron chi connectivity index (χ0n) is 13.9. The zero-order chi connectivity index (χ0) is 17.9. The Morgan fingerprint density at radius 1 is 1.25 bits per heavy atom. The lowest BCUT2D eigenvalue weighted by atomic mass is 9.88. The van der Waals surface area contributed by atoms with Gasteiger partial charge < -0.3 is 10.4 Å². The monoisotopic (exact) mass is 331 g/mol. The highest BCUT2D eigenvalue weighted by atomic mass is 16.4. The highest BCUT2D eigenvalue weighted by Crippen LogP contribution is 2.22. The lowest BCUT2D eigenvalue weighted by molar-refractivity contribution is -0.139. The maximum absolute atomic E-state index is 12.5. The summed E-state index contributed by atoms with van der Waals surface area (Å²) >= 11 is 0. The number of nitrogens with zero attached hydrogens (tertiary/aromatic N) is 1. The number of aromatic nitrogens is 2. The number of fused-ring (bicyclic) bond motifs is 1. The van der Waals surface area contributed by atoms with Gasteiger partial charge in [-0.1, -0.05) is 39.0 Å². The lowest BCUT2D eigenvalue weighted by Gasteiger charge is -2.21. The van der Waals surface area contributed by atoms with Crippen molar-refractivity contribution < 1.29 is 14.7 Å². The molecule has 3 N–H and O–H groups in total. The summed E-state index contributed by atoms with van der Waals surface area (Å²) in [6, 6.07) is 5.55. The molecule has 0 fully saturated rings. The molecule has 0 bridgehead atoms. The second-order valence-electron chi connectivity index (χ2n) is 6.91. The van der Waals surface area contributed by atoms with Gasteiger partial charge in [0, 0.05) is 5.39 Å². The first-order chi connectivity index (χ1) is 11.2. The van der Waals surface area contributed by atoms with E-state index < -0.39 is 23.5 Å². The number of rotatable bonds is 5. The Balaban J connectivity index is 2.26. The Bertz CT molecular complexity index is 820. The molecule has 0 saturated carbocycles. The van der Waals surface area contributed by atoms with Crippen molar-refractivity contribution in [3.8, 4) is 0 Å². The Labute approximate surface area is 139 Å². The van der Waals surface area contributed by atoms with Gasteiger partial charge in [0.15, 0.2) is 5.69 Å². The van der Waals surface area contributed by atoms with Crippen LogP contribution in [-0.4, -0.2) is 33.2 Å². The predicted octanol–water partition coefficient (Wildman–Crippen LogP) is 1.93. The van der Waals surface area contributed by atoms with E-state index in [2.05, 4.69) is 15.5 Å². The summed E-state index contributed by atoms with van der Waals surface area (Å²) in [5, 5.41) is 18.6. The Morgan fingerprint density at radius 3 is 2.46 bits per heavy atom. The first kappa shape index (κ1) is 17.7. The predicted molar refractivity (Wildman–Crippen MR) is 89.9 cm³/mol. The van der Waals surface area contributed by atoms with Gasteiger partial charge in [0.1, 0.15) is 6.04 Å². The minimum atomic E-state index is -1.10. The molecule has 0 saturated heterocycles. The molecule has 2 aromatic rings. The molecule has 1 amide bonds. The van der Waals surface area contributed by atoms with Crippen molar-refractivity contribution in [3.05, 3.63) is 40.3 Å². The second kappa shape index (κ2) is 6.82. The van der Waals surface area contributed by atoms with Gasteiger partial charge in [-0.3, -0.25) is 9.59 Å². The number of aromatic amines is 1. The van der Waals surface area contributed by atoms with E-state index in [1.165, 1.54) is 0 Å². The van der Waals surface area contributed by atoms with Crippen LogP contribution in [-0.2, 0) is 4.79 Å². The molecule has 1 heterocycles. The number of nitrogens with one attached hydrogen (secondary N) is 2. The molecule has 0 aliphatic heterocycles. The average Bonchev–Trinajstić information content (AvgIpc) is 2.50. The maximum atomic E-state index is 12.5. The lowest BCUT2D eigenvalue weighted by Crippen LogP contribution is -2.42. The quantitative estimate of drug-likeness (QED) is 0.775. The molecule has 7 heteroatoms. The summed E-state index contributed by atoms with van der Waals surface area (Å²) in [7, 11) is 0. The topological polar surface area (TPSA) is 112 Å². The van der Waals surface area contributed by atoms with Gasteiger partial charge in [-0.25, -0.2) is 9.89 Å². The number of carbonyl (C=O) groups is 2. The van der Waals surface area contributed by atoms with Crippen LogP contribution in [0.2, 0.25) is 0 Å². The third-order valence-corrected chi connectivity index (χ3v) is 3.70. The molecule has 0 radical (unpaired) electrons. The molecule has 0 aliphatic carbocycles. The molecule has 1 unspecified atom stereocenters. The van der Waals surface area contributed by atoms with E-state index in [9.17, 15) is 19.5 Å². The molecule has 7 nitrogen and oxygen atoms in total. The van der Waals surface area contributed by atoms with Gasteiger partial charge in [-0.05, 0) is 24.3 Å². The van der Waals surface area contributed by atoms with Gasteiger partial charge in [0.25, 0.3) is 11.5 Å². The van der Waals surface area contributed by atoms with E-state index in [1.807, 2.05) is 20.8 Å². The van der Waals surface area contributed by atoms with E-state index in [0.717, 1.165) is 0 Å². The number of carboxylic acids is 1. The van der Waals surface area contributed by atoms with Crippen molar-refractivity contribution in [1.29, 1.82) is 0 Å². The molecule has 1 atom stereocenters. The van der Waals surface area contributed by atoms with E-state index in [-0.39, 0.29) is 11.1 Å². The average molecular weight is 331 g/mol. The number of H-pyrrole nitrogens is 1. The van der Waals surface area contributed by atoms with Gasteiger partial charge in [-0.15, -0.1) is 0 Å². The van der Waals surface area contributed by atoms with Gasteiger partial charge >= 0.3 is 5.97 Å². The molecular weight excluding hydrogens is 310 g/mol. The standard InChI is InChI=1S/C17H21N3O4/c1-17(2,3)9-8-12(16(23)24)18-15(22)13-10-6-4-5-7-11(10)14(21)20-19-13/h4-7,12H,8-9H2,1-3H3,(H,18,22)(H,20,21)(H,23,24). The molecule has 24 heavy (non-hydrogen) atoms. The van der Waals surface area contributed by atoms with Crippen molar-refractivity contribution in [1.82, 2.24) is 15.5 Å². The molecule has 128 valence electrons. The van der Waals surface area contributed by atoms with Crippen molar-refractivity contribution in [2.75, 3.05) is 0 Å². The summed E-state index contributed by atoms with van der Waals surface area (Å²) < 4.78 is 0. The van der Waals surface area contributed by atoms with Crippen LogP contribution in [0.25, 0.3) is 10.8 Å². The number of amides is 1. The van der Waals surface area contributed by atoms with Crippen LogP contribution in [0.15, 0.2) is 29.1 Å². The van der Waals surface area contributed by atoms with E-state index >= 15 is 0 Å². The van der Waals surface area contributed by atoms with Crippen LogP contribution >= 0.6 is 0 Å². The van der Waals surface area contributed by atoms with Gasteiger partial charge in [0.2, 0.25) is 0 Å². The Kier molecular flexibility index (Phi) is 5.02. The number of carbonyl (C=O) groups excluding carboxylic acids is 1. The van der Waals surface area contributed by atoms with Crippen molar-refractivity contribution in [2.24, 2.45) is 5.41 Å². The Morgan fingerprint density at radius 2 is 1.88 bits per heavy atom. The van der Waals surface area contributed by atoms with Gasteiger partial charge in [-0.2, -0.15) is 5.10 Å². The SMILES string of the molecule is CC(C)(C)CCC(NC(=O)c1n[nH]c(=O)c2ccccc12)C(=O)O. The number of benzene rings is 1. The fraction of sp³-hybridized carbons (Fsp3) is 0.412. The first-order valence-corrected chi connectivity index (χ1v) is 7.70. The summed E-state index contributed by atoms with van der Waals surface area (Å²) in [4.78, 5) is 35.6. The van der Waals surface area contributed by atoms with Crippen LogP contribution in [0.4, 0.5) is 0 Å². The normalized spacial score (nSPS) is 12.8. The number of carboxylic acid groups (broad SMARTS) is 1. The molecule has 0 spiro atoms. The largest absolute Gasteiger partial charge is 0.480 e. The summed E-state index contributed by atoms with van der Waals surface area (Å²) in [5.74, 6) is -1.72. The first-order valence-electron chi connectivity index (χ1n) is 7.70. The highest BCUT2D eigenvalue weighted by molar-refractivity contribution is 6.05. The van der Waals surface area contributed by atoms with E-state index in [0.29, 0.717) is 23.6 Å². The molecular formula is C17H21N3O4. The van der Waals surface area contributed by atoms with Crippen molar-refractivity contribution >= 4 is 22.6 Å². The molecule has 0 aliphatic rings. The van der Waals surface area contributed by atoms with Crippen LogP contribution in [0.1, 0.15) is 44.1 Å². The smallest absolute Gasteiger partial charge is 0.326 e. The highest BCUT2D eigenvalue weighted by Gasteiger charge is 2.24. The van der Waals surface area contributed by atoms with Crippen molar-refractivity contribution in [3.63, 3.8) is 0 Å².